The smallest absolute Gasteiger partial charge is 0.265 e. The monoisotopic (exact) mass is 266 g/mol. The Morgan fingerprint density at radius 3 is 2.64 bits per heavy atom. The molecule has 78 valence electrons. The Kier molecular flexibility index (Phi) is 3.91. The molecule has 3 nitrogen and oxygen atoms in total. The van der Waals surface area contributed by atoms with Gasteiger partial charge in [0, 0.05) is 28.3 Å². The van der Waals surface area contributed by atoms with Crippen LogP contribution in [-0.2, 0) is 13.2 Å². The van der Waals surface area contributed by atoms with Crippen molar-refractivity contribution in [3.05, 3.63) is 27.5 Å². The van der Waals surface area contributed by atoms with Crippen LogP contribution >= 0.6 is 15.9 Å². The van der Waals surface area contributed by atoms with Gasteiger partial charge in [-0.3, -0.25) is 4.98 Å². The third-order valence-electron chi connectivity index (χ3n) is 1.81. The first-order valence-electron chi connectivity index (χ1n) is 3.87. The maximum atomic E-state index is 12.4. The second-order valence-electron chi connectivity index (χ2n) is 2.62. The summed E-state index contributed by atoms with van der Waals surface area (Å²) >= 11 is 3.08. The summed E-state index contributed by atoms with van der Waals surface area (Å²) in [5, 5.41) is 8.94. The molecule has 14 heavy (non-hydrogen) atoms. The zero-order valence-electron chi connectivity index (χ0n) is 7.17. The molecule has 0 spiro atoms. The summed E-state index contributed by atoms with van der Waals surface area (Å²) in [7, 11) is 0. The number of hydrogen-bond donors (Lipinski definition) is 2. The quantitative estimate of drug-likeness (QED) is 0.876. The molecule has 3 N–H and O–H groups in total. The molecule has 1 aromatic rings. The summed E-state index contributed by atoms with van der Waals surface area (Å²) in [6, 6.07) is 0. The molecule has 6 heteroatoms. The van der Waals surface area contributed by atoms with Crippen LogP contribution in [0.25, 0.3) is 0 Å². The SMILES string of the molecule is NCc1ncc(C(F)F)c(CO)c1Br. The van der Waals surface area contributed by atoms with Crippen LogP contribution in [0.2, 0.25) is 0 Å². The third-order valence-corrected chi connectivity index (χ3v) is 2.75. The lowest BCUT2D eigenvalue weighted by molar-refractivity contribution is 0.146. The van der Waals surface area contributed by atoms with Gasteiger partial charge in [0.25, 0.3) is 6.43 Å². The van der Waals surface area contributed by atoms with E-state index in [0.717, 1.165) is 6.20 Å². The number of rotatable bonds is 3. The summed E-state index contributed by atoms with van der Waals surface area (Å²) in [6.45, 7) is -0.327. The first kappa shape index (κ1) is 11.5. The lowest BCUT2D eigenvalue weighted by Gasteiger charge is -2.10. The van der Waals surface area contributed by atoms with Gasteiger partial charge in [0.2, 0.25) is 0 Å². The Hall–Kier alpha value is -0.590. The molecule has 0 saturated carbocycles. The molecule has 0 aliphatic heterocycles. The van der Waals surface area contributed by atoms with E-state index in [0.29, 0.717) is 10.2 Å². The fourth-order valence-electron chi connectivity index (χ4n) is 1.07. The first-order valence-corrected chi connectivity index (χ1v) is 4.66. The minimum absolute atomic E-state index is 0.136. The van der Waals surface area contributed by atoms with E-state index < -0.39 is 13.0 Å². The number of nitrogens with two attached hydrogens (primary N) is 1. The van der Waals surface area contributed by atoms with Crippen molar-refractivity contribution in [3.63, 3.8) is 0 Å². The highest BCUT2D eigenvalue weighted by atomic mass is 79.9. The Morgan fingerprint density at radius 2 is 2.21 bits per heavy atom. The standard InChI is InChI=1S/C8H9BrF2N2O/c9-7-5(3-14)4(8(10)11)2-13-6(7)1-12/h2,8,14H,1,3,12H2. The largest absolute Gasteiger partial charge is 0.392 e. The lowest BCUT2D eigenvalue weighted by Crippen LogP contribution is -2.06. The van der Waals surface area contributed by atoms with Crippen molar-refractivity contribution in [3.8, 4) is 0 Å². The minimum Gasteiger partial charge on any atom is -0.392 e. The van der Waals surface area contributed by atoms with E-state index in [1.165, 1.54) is 0 Å². The Morgan fingerprint density at radius 1 is 1.57 bits per heavy atom. The Bertz CT molecular complexity index is 333. The molecule has 0 bridgehead atoms. The zero-order valence-corrected chi connectivity index (χ0v) is 8.76. The van der Waals surface area contributed by atoms with Gasteiger partial charge < -0.3 is 10.8 Å². The summed E-state index contributed by atoms with van der Waals surface area (Å²) in [5.41, 5.74) is 5.68. The minimum atomic E-state index is -2.65. The molecule has 0 aromatic carbocycles. The average molecular weight is 267 g/mol. The third kappa shape index (κ3) is 2.08. The summed E-state index contributed by atoms with van der Waals surface area (Å²) in [4.78, 5) is 3.76. The highest BCUT2D eigenvalue weighted by Gasteiger charge is 2.17. The van der Waals surface area contributed by atoms with Gasteiger partial charge in [-0.05, 0) is 15.9 Å². The van der Waals surface area contributed by atoms with Crippen molar-refractivity contribution in [2.75, 3.05) is 0 Å². The predicted octanol–water partition coefficient (Wildman–Crippen LogP) is 1.73. The molecule has 1 aromatic heterocycles. The van der Waals surface area contributed by atoms with E-state index in [1.807, 2.05) is 0 Å². The van der Waals surface area contributed by atoms with Crippen LogP contribution in [0.15, 0.2) is 10.7 Å². The van der Waals surface area contributed by atoms with E-state index in [2.05, 4.69) is 20.9 Å². The van der Waals surface area contributed by atoms with E-state index in [-0.39, 0.29) is 17.7 Å². The molecule has 1 rings (SSSR count). The molecular formula is C8H9BrF2N2O. The molecule has 0 unspecified atom stereocenters. The maximum absolute atomic E-state index is 12.4. The number of nitrogens with zero attached hydrogens (tertiary/aromatic N) is 1. The highest BCUT2D eigenvalue weighted by Crippen LogP contribution is 2.29. The van der Waals surface area contributed by atoms with Gasteiger partial charge >= 0.3 is 0 Å². The van der Waals surface area contributed by atoms with Gasteiger partial charge in [-0.25, -0.2) is 8.78 Å². The second-order valence-corrected chi connectivity index (χ2v) is 3.41. The van der Waals surface area contributed by atoms with Crippen LogP contribution in [0.4, 0.5) is 8.78 Å². The van der Waals surface area contributed by atoms with Gasteiger partial charge in [-0.15, -0.1) is 0 Å². The van der Waals surface area contributed by atoms with Crippen LogP contribution in [-0.4, -0.2) is 10.1 Å². The van der Waals surface area contributed by atoms with E-state index >= 15 is 0 Å². The normalized spacial score (nSPS) is 11.0. The molecule has 0 atom stereocenters. The van der Waals surface area contributed by atoms with Crippen LogP contribution in [0.1, 0.15) is 23.2 Å². The lowest BCUT2D eigenvalue weighted by atomic mass is 10.1. The number of alkyl halides is 2. The number of aromatic nitrogens is 1. The number of aliphatic hydroxyl groups is 1. The molecule has 0 amide bonds. The number of aliphatic hydroxyl groups excluding tert-OH is 1. The van der Waals surface area contributed by atoms with Crippen LogP contribution in [0.5, 0.6) is 0 Å². The van der Waals surface area contributed by atoms with E-state index in [1.54, 1.807) is 0 Å². The van der Waals surface area contributed by atoms with Crippen LogP contribution < -0.4 is 5.73 Å². The Labute approximate surface area is 88.1 Å². The van der Waals surface area contributed by atoms with Crippen molar-refractivity contribution < 1.29 is 13.9 Å². The fourth-order valence-corrected chi connectivity index (χ4v) is 1.69. The van der Waals surface area contributed by atoms with Crippen LogP contribution in [0.3, 0.4) is 0 Å². The van der Waals surface area contributed by atoms with E-state index in [9.17, 15) is 8.78 Å². The molecule has 0 aliphatic rings. The molecule has 1 heterocycles. The first-order chi connectivity index (χ1) is 6.61. The Balaban J connectivity index is 3.28. The maximum Gasteiger partial charge on any atom is 0.265 e. The highest BCUT2D eigenvalue weighted by molar-refractivity contribution is 9.10. The average Bonchev–Trinajstić information content (AvgIpc) is 2.17. The van der Waals surface area contributed by atoms with Crippen molar-refractivity contribution in [2.45, 2.75) is 19.6 Å². The molecule has 0 fully saturated rings. The summed E-state index contributed by atoms with van der Waals surface area (Å²) in [6.07, 6.45) is -1.60. The van der Waals surface area contributed by atoms with Crippen LogP contribution in [0, 0.1) is 0 Å². The van der Waals surface area contributed by atoms with E-state index in [4.69, 9.17) is 10.8 Å². The van der Waals surface area contributed by atoms with Crippen molar-refractivity contribution in [2.24, 2.45) is 5.73 Å². The summed E-state index contributed by atoms with van der Waals surface area (Å²) < 4.78 is 25.2. The van der Waals surface area contributed by atoms with Crippen molar-refractivity contribution >= 4 is 15.9 Å². The predicted molar refractivity (Wildman–Crippen MR) is 50.7 cm³/mol. The molecular weight excluding hydrogens is 258 g/mol. The van der Waals surface area contributed by atoms with Gasteiger partial charge in [0.1, 0.15) is 0 Å². The van der Waals surface area contributed by atoms with Crippen molar-refractivity contribution in [1.82, 2.24) is 4.98 Å². The van der Waals surface area contributed by atoms with Gasteiger partial charge in [0.15, 0.2) is 0 Å². The topological polar surface area (TPSA) is 59.1 Å². The molecule has 0 radical (unpaired) electrons. The van der Waals surface area contributed by atoms with Gasteiger partial charge in [-0.2, -0.15) is 0 Å². The van der Waals surface area contributed by atoms with Gasteiger partial charge in [0.05, 0.1) is 12.3 Å². The van der Waals surface area contributed by atoms with Crippen molar-refractivity contribution in [1.29, 1.82) is 0 Å². The molecule has 0 aliphatic carbocycles. The zero-order chi connectivity index (χ0) is 10.7. The second kappa shape index (κ2) is 4.77. The number of pyridine rings is 1. The fraction of sp³-hybridized carbons (Fsp3) is 0.375. The number of halogens is 3. The molecule has 0 saturated heterocycles. The summed E-state index contributed by atoms with van der Waals surface area (Å²) in [5.74, 6) is 0. The number of hydrogen-bond acceptors (Lipinski definition) is 3. The van der Waals surface area contributed by atoms with Gasteiger partial charge in [-0.1, -0.05) is 0 Å².